The van der Waals surface area contributed by atoms with Gasteiger partial charge in [0.05, 0.1) is 30.7 Å². The molecule has 5 rings (SSSR count). The van der Waals surface area contributed by atoms with Gasteiger partial charge in [-0.2, -0.15) is 4.98 Å². The van der Waals surface area contributed by atoms with Crippen molar-refractivity contribution in [1.82, 2.24) is 9.97 Å². The smallest absolute Gasteiger partial charge is 0.330 e. The van der Waals surface area contributed by atoms with Crippen LogP contribution in [0.25, 0.3) is 0 Å². The van der Waals surface area contributed by atoms with Crippen LogP contribution in [-0.4, -0.2) is 40.7 Å². The zero-order chi connectivity index (χ0) is 27.0. The first-order chi connectivity index (χ1) is 18.3. The molecule has 1 aliphatic heterocycles. The highest BCUT2D eigenvalue weighted by atomic mass is 35.5. The summed E-state index contributed by atoms with van der Waals surface area (Å²) < 4.78 is 5.26. The number of para-hydroxylation sites is 2. The van der Waals surface area contributed by atoms with E-state index in [1.807, 2.05) is 6.07 Å². The summed E-state index contributed by atoms with van der Waals surface area (Å²) in [6.45, 7) is 4.01. The predicted octanol–water partition coefficient (Wildman–Crippen LogP) is 5.72. The average molecular weight is 555 g/mol. The Kier molecular flexibility index (Phi) is 7.00. The van der Waals surface area contributed by atoms with E-state index >= 15 is 0 Å². The van der Waals surface area contributed by atoms with E-state index in [1.165, 1.54) is 24.2 Å². The molecule has 1 aliphatic carbocycles. The molecule has 2 aromatic carbocycles. The van der Waals surface area contributed by atoms with Crippen LogP contribution in [0.3, 0.4) is 0 Å². The number of carbonyl (C=O) groups excluding carboxylic acids is 2. The maximum atomic E-state index is 13.8. The summed E-state index contributed by atoms with van der Waals surface area (Å²) in [6.07, 6.45) is 4.82. The van der Waals surface area contributed by atoms with Crippen molar-refractivity contribution in [2.24, 2.45) is 5.92 Å². The van der Waals surface area contributed by atoms with Crippen molar-refractivity contribution < 1.29 is 19.4 Å². The molecule has 3 aromatic rings. The molecule has 196 valence electrons. The van der Waals surface area contributed by atoms with Gasteiger partial charge in [-0.05, 0) is 37.0 Å². The molecular formula is C26H24Cl2N6O4. The number of hydrogen-bond acceptors (Lipinski definition) is 7. The van der Waals surface area contributed by atoms with Gasteiger partial charge in [0.25, 0.3) is 0 Å². The lowest BCUT2D eigenvalue weighted by Gasteiger charge is -2.37. The van der Waals surface area contributed by atoms with Crippen LogP contribution < -0.4 is 25.2 Å². The Morgan fingerprint density at radius 2 is 2.00 bits per heavy atom. The second kappa shape index (κ2) is 10.4. The van der Waals surface area contributed by atoms with E-state index in [9.17, 15) is 14.7 Å². The zero-order valence-corrected chi connectivity index (χ0v) is 21.9. The minimum atomic E-state index is -0.385. The lowest BCUT2D eigenvalue weighted by Crippen LogP contribution is -2.49. The van der Waals surface area contributed by atoms with Crippen molar-refractivity contribution in [1.29, 1.82) is 0 Å². The highest BCUT2D eigenvalue weighted by Gasteiger charge is 2.39. The molecule has 0 spiro atoms. The Labute approximate surface area is 228 Å². The van der Waals surface area contributed by atoms with Crippen molar-refractivity contribution in [3.05, 3.63) is 64.8 Å². The number of phenolic OH excluding ortho intramolecular Hbond substituents is 1. The number of aromatic hydroxyl groups is 1. The van der Waals surface area contributed by atoms with Gasteiger partial charge in [-0.15, -0.1) is 0 Å². The summed E-state index contributed by atoms with van der Waals surface area (Å²) in [6, 6.07) is 8.02. The first-order valence-corrected chi connectivity index (χ1v) is 12.6. The highest BCUT2D eigenvalue weighted by Crippen LogP contribution is 2.48. The number of rotatable bonds is 8. The Balaban J connectivity index is 1.52. The summed E-state index contributed by atoms with van der Waals surface area (Å²) in [7, 11) is 1.41. The average Bonchev–Trinajstić information content (AvgIpc) is 3.74. The Hall–Kier alpha value is -4.02. The van der Waals surface area contributed by atoms with Crippen molar-refractivity contribution in [2.75, 3.05) is 34.1 Å². The van der Waals surface area contributed by atoms with Crippen molar-refractivity contribution in [3.63, 3.8) is 0 Å². The topological polar surface area (TPSA) is 120 Å². The van der Waals surface area contributed by atoms with Crippen LogP contribution in [0.15, 0.2) is 49.2 Å². The van der Waals surface area contributed by atoms with Gasteiger partial charge in [0.1, 0.15) is 27.4 Å². The quantitative estimate of drug-likeness (QED) is 0.304. The van der Waals surface area contributed by atoms with Crippen molar-refractivity contribution >= 4 is 64.0 Å². The number of urea groups is 1. The second-order valence-electron chi connectivity index (χ2n) is 8.90. The number of anilines is 5. The molecule has 10 nitrogen and oxygen atoms in total. The van der Waals surface area contributed by atoms with Gasteiger partial charge in [-0.3, -0.25) is 14.6 Å². The number of amides is 3. The maximum absolute atomic E-state index is 13.8. The lowest BCUT2D eigenvalue weighted by molar-refractivity contribution is -0.111. The summed E-state index contributed by atoms with van der Waals surface area (Å²) in [5.74, 6) is 0.636. The van der Waals surface area contributed by atoms with E-state index in [0.29, 0.717) is 35.2 Å². The van der Waals surface area contributed by atoms with Gasteiger partial charge in [-0.25, -0.2) is 9.78 Å². The molecule has 1 aromatic heterocycles. The summed E-state index contributed by atoms with van der Waals surface area (Å²) in [4.78, 5) is 37.8. The van der Waals surface area contributed by atoms with Gasteiger partial charge in [0, 0.05) is 24.4 Å². The standard InChI is InChI=1S/C26H24Cl2N6O4/c1-3-20(36)30-16-6-4-5-7-17(16)31-25-29-11-15-13-33(23-21(27)18(35)10-19(38-2)22(23)28)26(37)34(24(15)32-25)12-14-8-9-14/h3-7,10-11,14,35H,1,8-9,12-13H2,2H3,(H,30,36)(H,29,31,32). The van der Waals surface area contributed by atoms with Crippen LogP contribution >= 0.6 is 23.2 Å². The van der Waals surface area contributed by atoms with Crippen LogP contribution in [0.5, 0.6) is 11.5 Å². The molecule has 0 unspecified atom stereocenters. The number of nitrogens with one attached hydrogen (secondary N) is 2. The van der Waals surface area contributed by atoms with Gasteiger partial charge in [0.15, 0.2) is 0 Å². The number of halogens is 2. The molecule has 0 radical (unpaired) electrons. The number of methoxy groups -OCH3 is 1. The first kappa shape index (κ1) is 25.6. The number of hydrogen-bond donors (Lipinski definition) is 3. The van der Waals surface area contributed by atoms with Crippen LogP contribution in [0.4, 0.5) is 33.6 Å². The largest absolute Gasteiger partial charge is 0.506 e. The van der Waals surface area contributed by atoms with E-state index in [4.69, 9.17) is 27.9 Å². The molecule has 1 saturated carbocycles. The SMILES string of the molecule is C=CC(=O)Nc1ccccc1Nc1ncc2c(n1)N(CC1CC1)C(=O)N(c1c(Cl)c(O)cc(OC)c1Cl)C2. The number of fused-ring (bicyclic) bond motifs is 1. The van der Waals surface area contributed by atoms with E-state index < -0.39 is 0 Å². The van der Waals surface area contributed by atoms with E-state index in [-0.39, 0.29) is 51.7 Å². The fraction of sp³-hybridized carbons (Fsp3) is 0.231. The van der Waals surface area contributed by atoms with Crippen molar-refractivity contribution in [2.45, 2.75) is 19.4 Å². The first-order valence-electron chi connectivity index (χ1n) is 11.8. The van der Waals surface area contributed by atoms with Gasteiger partial charge in [0.2, 0.25) is 11.9 Å². The molecule has 2 aliphatic rings. The summed E-state index contributed by atoms with van der Waals surface area (Å²) >= 11 is 13.0. The maximum Gasteiger partial charge on any atom is 0.330 e. The third-order valence-corrected chi connectivity index (χ3v) is 6.99. The highest BCUT2D eigenvalue weighted by molar-refractivity contribution is 6.42. The lowest BCUT2D eigenvalue weighted by atomic mass is 10.1. The minimum absolute atomic E-state index is 0.0589. The molecule has 0 atom stereocenters. The monoisotopic (exact) mass is 554 g/mol. The molecule has 1 fully saturated rings. The van der Waals surface area contributed by atoms with Gasteiger partial charge < -0.3 is 20.5 Å². The number of aromatic nitrogens is 2. The Morgan fingerprint density at radius 1 is 1.26 bits per heavy atom. The predicted molar refractivity (Wildman–Crippen MR) is 147 cm³/mol. The molecule has 3 N–H and O–H groups in total. The van der Waals surface area contributed by atoms with Crippen LogP contribution in [-0.2, 0) is 11.3 Å². The third kappa shape index (κ3) is 4.92. The molecule has 12 heteroatoms. The van der Waals surface area contributed by atoms with Gasteiger partial charge in [-0.1, -0.05) is 41.9 Å². The molecular weight excluding hydrogens is 531 g/mol. The van der Waals surface area contributed by atoms with E-state index in [0.717, 1.165) is 12.8 Å². The summed E-state index contributed by atoms with van der Waals surface area (Å²) in [5.41, 5.74) is 1.91. The van der Waals surface area contributed by atoms with E-state index in [1.54, 1.807) is 29.3 Å². The second-order valence-corrected chi connectivity index (χ2v) is 9.66. The number of phenols is 1. The number of benzene rings is 2. The third-order valence-electron chi connectivity index (χ3n) is 6.26. The van der Waals surface area contributed by atoms with Crippen LogP contribution in [0.1, 0.15) is 18.4 Å². The fourth-order valence-electron chi connectivity index (χ4n) is 4.15. The van der Waals surface area contributed by atoms with Crippen LogP contribution in [0.2, 0.25) is 10.0 Å². The number of nitrogens with zero attached hydrogens (tertiary/aromatic N) is 4. The molecule has 2 heterocycles. The molecule has 0 bridgehead atoms. The molecule has 0 saturated heterocycles. The fourth-order valence-corrected chi connectivity index (χ4v) is 4.78. The normalized spacial score (nSPS) is 14.7. The Bertz CT molecular complexity index is 1450. The number of ether oxygens (including phenoxy) is 1. The summed E-state index contributed by atoms with van der Waals surface area (Å²) in [5, 5.41) is 16.3. The zero-order valence-electron chi connectivity index (χ0n) is 20.4. The number of carbonyl (C=O) groups is 2. The molecule has 3 amide bonds. The molecule has 38 heavy (non-hydrogen) atoms. The Morgan fingerprint density at radius 3 is 2.68 bits per heavy atom. The van der Waals surface area contributed by atoms with Gasteiger partial charge >= 0.3 is 6.03 Å². The van der Waals surface area contributed by atoms with Crippen LogP contribution in [0, 0.1) is 5.92 Å². The van der Waals surface area contributed by atoms with E-state index in [2.05, 4.69) is 27.2 Å². The minimum Gasteiger partial charge on any atom is -0.506 e. The van der Waals surface area contributed by atoms with Crippen molar-refractivity contribution in [3.8, 4) is 11.5 Å².